The molecule has 1 unspecified atom stereocenters. The molecule has 1 aromatic rings. The van der Waals surface area contributed by atoms with Crippen LogP contribution >= 0.6 is 0 Å². The molecule has 0 saturated carbocycles. The molecule has 8 nitrogen and oxygen atoms in total. The van der Waals surface area contributed by atoms with E-state index in [9.17, 15) is 4.79 Å². The van der Waals surface area contributed by atoms with Crippen LogP contribution in [0.1, 0.15) is 19.0 Å². The number of guanidine groups is 1. The summed E-state index contributed by atoms with van der Waals surface area (Å²) in [6.45, 7) is 0. The highest BCUT2D eigenvalue weighted by Crippen LogP contribution is 2.15. The summed E-state index contributed by atoms with van der Waals surface area (Å²) < 4.78 is 1.69. The Morgan fingerprint density at radius 3 is 2.65 bits per heavy atom. The van der Waals surface area contributed by atoms with E-state index in [1.807, 2.05) is 0 Å². The number of carboxylic acids is 1. The van der Waals surface area contributed by atoms with E-state index in [1.165, 1.54) is 0 Å². The second-order valence-corrected chi connectivity index (χ2v) is 3.57. The summed E-state index contributed by atoms with van der Waals surface area (Å²) in [5.74, 6) is -1.10. The van der Waals surface area contributed by atoms with Crippen LogP contribution in [0.15, 0.2) is 23.7 Å². The maximum Gasteiger partial charge on any atom is 0.320 e. The van der Waals surface area contributed by atoms with Crippen molar-refractivity contribution in [2.45, 2.75) is 25.0 Å². The summed E-state index contributed by atoms with van der Waals surface area (Å²) in [4.78, 5) is 18.5. The van der Waals surface area contributed by atoms with Gasteiger partial charge in [-0.3, -0.25) is 4.79 Å². The Morgan fingerprint density at radius 2 is 2.18 bits per heavy atom. The predicted molar refractivity (Wildman–Crippen MR) is 61.9 cm³/mol. The monoisotopic (exact) mass is 240 g/mol. The Labute approximate surface area is 98.1 Å². The average Bonchev–Trinajstić information content (AvgIpc) is 2.76. The van der Waals surface area contributed by atoms with Gasteiger partial charge in [-0.25, -0.2) is 9.98 Å². The van der Waals surface area contributed by atoms with Crippen LogP contribution in [0.2, 0.25) is 0 Å². The number of nitrogens with zero attached hydrogens (tertiary/aromatic N) is 3. The van der Waals surface area contributed by atoms with E-state index in [0.717, 1.165) is 0 Å². The number of imidazole rings is 1. The minimum absolute atomic E-state index is 0.0624. The van der Waals surface area contributed by atoms with Crippen LogP contribution in [-0.4, -0.2) is 32.6 Å². The van der Waals surface area contributed by atoms with E-state index in [-0.39, 0.29) is 18.5 Å². The van der Waals surface area contributed by atoms with Crippen LogP contribution in [0.3, 0.4) is 0 Å². The quantitative estimate of drug-likeness (QED) is 0.364. The van der Waals surface area contributed by atoms with Gasteiger partial charge in [0.05, 0.1) is 6.33 Å². The molecule has 0 aliphatic rings. The van der Waals surface area contributed by atoms with Crippen LogP contribution < -0.4 is 17.2 Å². The van der Waals surface area contributed by atoms with Crippen LogP contribution in [0, 0.1) is 0 Å². The Kier molecular flexibility index (Phi) is 4.46. The van der Waals surface area contributed by atoms with Gasteiger partial charge in [0.2, 0.25) is 0 Å². The first-order chi connectivity index (χ1) is 8.00. The molecule has 0 bridgehead atoms. The molecule has 1 heterocycles. The van der Waals surface area contributed by atoms with Crippen molar-refractivity contribution in [1.29, 1.82) is 0 Å². The largest absolute Gasteiger partial charge is 0.480 e. The third-order valence-electron chi connectivity index (χ3n) is 2.22. The van der Waals surface area contributed by atoms with Crippen molar-refractivity contribution in [3.8, 4) is 0 Å². The zero-order chi connectivity index (χ0) is 12.8. The molecule has 7 N–H and O–H groups in total. The molecule has 2 atom stereocenters. The van der Waals surface area contributed by atoms with Crippen LogP contribution in [0.25, 0.3) is 0 Å². The standard InChI is InChI=1S/C9H16N6O2/c10-6(8(16)17)1-2-7(14-9(11)12)15-4-3-13-5-15/h3-7H,1-2,10H2,(H,16,17)(H4,11,12,14)/t6-,7?/m0/s1. The maximum atomic E-state index is 10.6. The van der Waals surface area contributed by atoms with Crippen LogP contribution in [-0.2, 0) is 4.79 Å². The van der Waals surface area contributed by atoms with Gasteiger partial charge in [-0.15, -0.1) is 0 Å². The zero-order valence-electron chi connectivity index (χ0n) is 9.23. The minimum atomic E-state index is -1.04. The van der Waals surface area contributed by atoms with E-state index in [1.54, 1.807) is 23.3 Å². The van der Waals surface area contributed by atoms with Gasteiger partial charge < -0.3 is 26.9 Å². The highest BCUT2D eigenvalue weighted by Gasteiger charge is 2.16. The summed E-state index contributed by atoms with van der Waals surface area (Å²) in [5.41, 5.74) is 16.0. The molecule has 0 fully saturated rings. The third-order valence-corrected chi connectivity index (χ3v) is 2.22. The van der Waals surface area contributed by atoms with Crippen molar-refractivity contribution in [1.82, 2.24) is 9.55 Å². The first kappa shape index (κ1) is 13.0. The lowest BCUT2D eigenvalue weighted by molar-refractivity contribution is -0.138. The number of carboxylic acid groups (broad SMARTS) is 1. The molecule has 0 aromatic carbocycles. The molecule has 0 aliphatic heterocycles. The van der Waals surface area contributed by atoms with Crippen molar-refractivity contribution in [2.24, 2.45) is 22.2 Å². The van der Waals surface area contributed by atoms with Crippen molar-refractivity contribution in [3.63, 3.8) is 0 Å². The average molecular weight is 240 g/mol. The lowest BCUT2D eigenvalue weighted by atomic mass is 10.1. The number of aromatic nitrogens is 2. The van der Waals surface area contributed by atoms with Gasteiger partial charge >= 0.3 is 5.97 Å². The van der Waals surface area contributed by atoms with Crippen molar-refractivity contribution in [3.05, 3.63) is 18.7 Å². The third kappa shape index (κ3) is 4.11. The molecule has 17 heavy (non-hydrogen) atoms. The number of rotatable bonds is 6. The highest BCUT2D eigenvalue weighted by atomic mass is 16.4. The second kappa shape index (κ2) is 5.85. The molecule has 0 radical (unpaired) electrons. The van der Waals surface area contributed by atoms with Gasteiger partial charge in [-0.1, -0.05) is 0 Å². The van der Waals surface area contributed by atoms with E-state index >= 15 is 0 Å². The summed E-state index contributed by atoms with van der Waals surface area (Å²) in [5, 5.41) is 8.68. The highest BCUT2D eigenvalue weighted by molar-refractivity contribution is 5.75. The fourth-order valence-electron chi connectivity index (χ4n) is 1.35. The van der Waals surface area contributed by atoms with Crippen LogP contribution in [0.4, 0.5) is 0 Å². The summed E-state index contributed by atoms with van der Waals surface area (Å²) in [6.07, 6.45) is 5.16. The fraction of sp³-hybridized carbons (Fsp3) is 0.444. The number of carbonyl (C=O) groups is 1. The fourth-order valence-corrected chi connectivity index (χ4v) is 1.35. The predicted octanol–water partition coefficient (Wildman–Crippen LogP) is -1.15. The number of aliphatic imine (C=N–C) groups is 1. The smallest absolute Gasteiger partial charge is 0.320 e. The minimum Gasteiger partial charge on any atom is -0.480 e. The van der Waals surface area contributed by atoms with E-state index < -0.39 is 12.0 Å². The molecule has 0 saturated heterocycles. The number of hydrogen-bond acceptors (Lipinski definition) is 4. The number of nitrogens with two attached hydrogens (primary N) is 3. The molecular formula is C9H16N6O2. The van der Waals surface area contributed by atoms with E-state index in [0.29, 0.717) is 6.42 Å². The van der Waals surface area contributed by atoms with Crippen molar-refractivity contribution < 1.29 is 9.90 Å². The van der Waals surface area contributed by atoms with Gasteiger partial charge in [0, 0.05) is 12.4 Å². The van der Waals surface area contributed by atoms with Crippen LogP contribution in [0.5, 0.6) is 0 Å². The first-order valence-corrected chi connectivity index (χ1v) is 5.05. The summed E-state index contributed by atoms with van der Waals surface area (Å²) in [6, 6.07) is -0.921. The topological polar surface area (TPSA) is 146 Å². The normalized spacial score (nSPS) is 13.9. The molecule has 1 aromatic heterocycles. The van der Waals surface area contributed by atoms with Gasteiger partial charge in [-0.2, -0.15) is 0 Å². The summed E-state index contributed by atoms with van der Waals surface area (Å²) >= 11 is 0. The Morgan fingerprint density at radius 1 is 1.47 bits per heavy atom. The molecule has 0 aliphatic carbocycles. The van der Waals surface area contributed by atoms with E-state index in [2.05, 4.69) is 9.98 Å². The molecule has 94 valence electrons. The van der Waals surface area contributed by atoms with Gasteiger partial charge in [0.1, 0.15) is 12.2 Å². The molecular weight excluding hydrogens is 224 g/mol. The van der Waals surface area contributed by atoms with Crippen molar-refractivity contribution >= 4 is 11.9 Å². The second-order valence-electron chi connectivity index (χ2n) is 3.57. The molecule has 0 spiro atoms. The lowest BCUT2D eigenvalue weighted by Crippen LogP contribution is -2.31. The molecule has 0 amide bonds. The SMILES string of the molecule is NC(N)=NC(CC[C@H](N)C(=O)O)n1ccnc1. The van der Waals surface area contributed by atoms with E-state index in [4.69, 9.17) is 22.3 Å². The summed E-state index contributed by atoms with van der Waals surface area (Å²) in [7, 11) is 0. The first-order valence-electron chi connectivity index (χ1n) is 5.05. The Balaban J connectivity index is 2.66. The maximum absolute atomic E-state index is 10.6. The Bertz CT molecular complexity index is 384. The van der Waals surface area contributed by atoms with Crippen molar-refractivity contribution in [2.75, 3.05) is 0 Å². The number of aliphatic carboxylic acids is 1. The lowest BCUT2D eigenvalue weighted by Gasteiger charge is -2.15. The van der Waals surface area contributed by atoms with Gasteiger partial charge in [0.25, 0.3) is 0 Å². The zero-order valence-corrected chi connectivity index (χ0v) is 9.23. The van der Waals surface area contributed by atoms with Gasteiger partial charge in [-0.05, 0) is 12.8 Å². The number of hydrogen-bond donors (Lipinski definition) is 4. The van der Waals surface area contributed by atoms with Gasteiger partial charge in [0.15, 0.2) is 5.96 Å². The molecule has 1 rings (SSSR count). The Hall–Kier alpha value is -2.09. The molecule has 8 heteroatoms.